The van der Waals surface area contributed by atoms with Crippen LogP contribution in [0.2, 0.25) is 0 Å². The summed E-state index contributed by atoms with van der Waals surface area (Å²) in [6.07, 6.45) is 1.80. The number of rotatable bonds is 1. The Kier molecular flexibility index (Phi) is 2.05. The number of pyridine rings is 1. The summed E-state index contributed by atoms with van der Waals surface area (Å²) in [6.45, 7) is 8.02. The Bertz CT molecular complexity index is 198. The first-order chi connectivity index (χ1) is 4.70. The Morgan fingerprint density at radius 1 is 1.40 bits per heavy atom. The van der Waals surface area contributed by atoms with E-state index in [4.69, 9.17) is 0 Å². The van der Waals surface area contributed by atoms with E-state index in [0.717, 1.165) is 11.3 Å². The first-order valence-electron chi connectivity index (χ1n) is 3.48. The molecule has 1 nitrogen and oxygen atoms in total. The lowest BCUT2D eigenvalue weighted by Crippen LogP contribution is -1.90. The van der Waals surface area contributed by atoms with Crippen LogP contribution in [0.4, 0.5) is 0 Å². The molecule has 53 valence electrons. The van der Waals surface area contributed by atoms with E-state index in [1.807, 2.05) is 12.1 Å². The minimum atomic E-state index is 0.514. The molecule has 1 heteroatoms. The molecule has 0 amide bonds. The van der Waals surface area contributed by atoms with Gasteiger partial charge in [-0.3, -0.25) is 4.98 Å². The highest BCUT2D eigenvalue weighted by Crippen LogP contribution is 2.10. The standard InChI is InChI=1S/C9H12N/c1-7(2)9-5-4-8(3)6-10-9/h4-7H,3H2,1-2H3. The fraction of sp³-hybridized carbons (Fsp3) is 0.333. The molecule has 0 atom stereocenters. The molecule has 1 aromatic rings. The van der Waals surface area contributed by atoms with Crippen LogP contribution in [0.5, 0.6) is 0 Å². The van der Waals surface area contributed by atoms with E-state index < -0.39 is 0 Å². The van der Waals surface area contributed by atoms with Gasteiger partial charge in [0.25, 0.3) is 0 Å². The van der Waals surface area contributed by atoms with Gasteiger partial charge in [-0.2, -0.15) is 0 Å². The summed E-state index contributed by atoms with van der Waals surface area (Å²) < 4.78 is 0. The minimum Gasteiger partial charge on any atom is -0.261 e. The summed E-state index contributed by atoms with van der Waals surface area (Å²) in [6, 6.07) is 4.01. The van der Waals surface area contributed by atoms with Gasteiger partial charge >= 0.3 is 0 Å². The molecule has 0 aliphatic rings. The van der Waals surface area contributed by atoms with E-state index in [0.29, 0.717) is 5.92 Å². The maximum absolute atomic E-state index is 4.22. The highest BCUT2D eigenvalue weighted by atomic mass is 14.7. The quantitative estimate of drug-likeness (QED) is 0.574. The van der Waals surface area contributed by atoms with Crippen molar-refractivity contribution in [2.45, 2.75) is 19.8 Å². The van der Waals surface area contributed by atoms with Crippen LogP contribution >= 0.6 is 0 Å². The zero-order valence-corrected chi connectivity index (χ0v) is 6.46. The maximum Gasteiger partial charge on any atom is 0.0429 e. The molecule has 10 heavy (non-hydrogen) atoms. The smallest absolute Gasteiger partial charge is 0.0429 e. The van der Waals surface area contributed by atoms with Crippen molar-refractivity contribution in [2.75, 3.05) is 0 Å². The van der Waals surface area contributed by atoms with Gasteiger partial charge in [-0.25, -0.2) is 0 Å². The van der Waals surface area contributed by atoms with Crippen molar-refractivity contribution in [1.29, 1.82) is 0 Å². The third-order valence-corrected chi connectivity index (χ3v) is 1.44. The second-order valence-electron chi connectivity index (χ2n) is 2.75. The lowest BCUT2D eigenvalue weighted by Gasteiger charge is -2.02. The van der Waals surface area contributed by atoms with Gasteiger partial charge < -0.3 is 0 Å². The molecular formula is C9H12N. The fourth-order valence-electron chi connectivity index (χ4n) is 0.777. The Morgan fingerprint density at radius 3 is 2.50 bits per heavy atom. The molecule has 0 unspecified atom stereocenters. The van der Waals surface area contributed by atoms with Crippen LogP contribution in [0.1, 0.15) is 31.0 Å². The first-order valence-corrected chi connectivity index (χ1v) is 3.48. The molecule has 0 bridgehead atoms. The second kappa shape index (κ2) is 2.82. The van der Waals surface area contributed by atoms with Crippen molar-refractivity contribution >= 4 is 0 Å². The highest BCUT2D eigenvalue weighted by Gasteiger charge is 1.97. The van der Waals surface area contributed by atoms with E-state index >= 15 is 0 Å². The third kappa shape index (κ3) is 1.56. The molecular weight excluding hydrogens is 122 g/mol. The highest BCUT2D eigenvalue weighted by molar-refractivity contribution is 5.17. The Labute approximate surface area is 62.1 Å². The molecule has 0 fully saturated rings. The molecule has 1 heterocycles. The summed E-state index contributed by atoms with van der Waals surface area (Å²) in [5, 5.41) is 0. The van der Waals surface area contributed by atoms with Crippen LogP contribution in [0, 0.1) is 6.92 Å². The van der Waals surface area contributed by atoms with Crippen molar-refractivity contribution in [3.63, 3.8) is 0 Å². The van der Waals surface area contributed by atoms with E-state index in [9.17, 15) is 0 Å². The van der Waals surface area contributed by atoms with Gasteiger partial charge in [-0.05, 0) is 24.5 Å². The zero-order valence-electron chi connectivity index (χ0n) is 6.46. The third-order valence-electron chi connectivity index (χ3n) is 1.44. The molecule has 0 saturated heterocycles. The summed E-state index contributed by atoms with van der Waals surface area (Å²) in [5.74, 6) is 0.514. The molecule has 0 aromatic carbocycles. The normalized spacial score (nSPS) is 10.4. The van der Waals surface area contributed by atoms with Crippen LogP contribution in [0.3, 0.4) is 0 Å². The molecule has 0 aliphatic heterocycles. The van der Waals surface area contributed by atoms with Crippen molar-refractivity contribution in [3.8, 4) is 0 Å². The van der Waals surface area contributed by atoms with Crippen LogP contribution < -0.4 is 0 Å². The number of hydrogen-bond acceptors (Lipinski definition) is 1. The molecule has 1 radical (unpaired) electrons. The van der Waals surface area contributed by atoms with Crippen molar-refractivity contribution < 1.29 is 0 Å². The largest absolute Gasteiger partial charge is 0.261 e. The van der Waals surface area contributed by atoms with Gasteiger partial charge in [-0.15, -0.1) is 0 Å². The Hall–Kier alpha value is -0.850. The Morgan fingerprint density at radius 2 is 2.10 bits per heavy atom. The topological polar surface area (TPSA) is 12.9 Å². The van der Waals surface area contributed by atoms with Crippen LogP contribution in [-0.4, -0.2) is 4.98 Å². The van der Waals surface area contributed by atoms with Gasteiger partial charge in [0.05, 0.1) is 0 Å². The van der Waals surface area contributed by atoms with E-state index in [-0.39, 0.29) is 0 Å². The average molecular weight is 134 g/mol. The van der Waals surface area contributed by atoms with Crippen molar-refractivity contribution in [1.82, 2.24) is 4.98 Å². The van der Waals surface area contributed by atoms with Crippen LogP contribution in [-0.2, 0) is 0 Å². The van der Waals surface area contributed by atoms with Gasteiger partial charge in [0, 0.05) is 11.9 Å². The fourth-order valence-corrected chi connectivity index (χ4v) is 0.777. The van der Waals surface area contributed by atoms with Crippen molar-refractivity contribution in [3.05, 3.63) is 36.5 Å². The van der Waals surface area contributed by atoms with Crippen LogP contribution in [0.25, 0.3) is 0 Å². The number of aromatic nitrogens is 1. The Balaban J connectivity index is 2.89. The predicted octanol–water partition coefficient (Wildman–Crippen LogP) is 2.39. The summed E-state index contributed by atoms with van der Waals surface area (Å²) in [7, 11) is 0. The van der Waals surface area contributed by atoms with Crippen molar-refractivity contribution in [2.24, 2.45) is 0 Å². The monoisotopic (exact) mass is 134 g/mol. The first kappa shape index (κ1) is 7.26. The average Bonchev–Trinajstić information content (AvgIpc) is 1.88. The molecule has 0 N–H and O–H groups in total. The minimum absolute atomic E-state index is 0.514. The van der Waals surface area contributed by atoms with Gasteiger partial charge in [0.1, 0.15) is 0 Å². The van der Waals surface area contributed by atoms with Gasteiger partial charge in [-0.1, -0.05) is 19.9 Å². The van der Waals surface area contributed by atoms with Gasteiger partial charge in [0.2, 0.25) is 0 Å². The predicted molar refractivity (Wildman–Crippen MR) is 42.8 cm³/mol. The van der Waals surface area contributed by atoms with Gasteiger partial charge in [0.15, 0.2) is 0 Å². The lowest BCUT2D eigenvalue weighted by molar-refractivity contribution is 0.822. The molecule has 0 saturated carbocycles. The molecule has 1 aromatic heterocycles. The maximum atomic E-state index is 4.22. The molecule has 0 aliphatic carbocycles. The SMILES string of the molecule is [CH2]c1ccc(C(C)C)nc1. The number of hydrogen-bond donors (Lipinski definition) is 0. The molecule has 0 spiro atoms. The van der Waals surface area contributed by atoms with E-state index in [1.165, 1.54) is 0 Å². The second-order valence-corrected chi connectivity index (χ2v) is 2.75. The zero-order chi connectivity index (χ0) is 7.56. The number of nitrogens with zero attached hydrogens (tertiary/aromatic N) is 1. The van der Waals surface area contributed by atoms with E-state index in [2.05, 4.69) is 25.8 Å². The lowest BCUT2D eigenvalue weighted by atomic mass is 10.1. The summed E-state index contributed by atoms with van der Waals surface area (Å²) >= 11 is 0. The van der Waals surface area contributed by atoms with E-state index in [1.54, 1.807) is 6.20 Å². The molecule has 1 rings (SSSR count). The van der Waals surface area contributed by atoms with Crippen LogP contribution in [0.15, 0.2) is 18.3 Å². The summed E-state index contributed by atoms with van der Waals surface area (Å²) in [5.41, 5.74) is 2.11. The summed E-state index contributed by atoms with van der Waals surface area (Å²) in [4.78, 5) is 4.22.